The van der Waals surface area contributed by atoms with Crippen molar-refractivity contribution in [2.45, 2.75) is 43.8 Å². The molecule has 1 saturated carbocycles. The van der Waals surface area contributed by atoms with Crippen molar-refractivity contribution < 1.29 is 18.7 Å². The van der Waals surface area contributed by atoms with E-state index in [-0.39, 0.29) is 23.0 Å². The van der Waals surface area contributed by atoms with E-state index in [4.69, 9.17) is 15.2 Å². The van der Waals surface area contributed by atoms with Gasteiger partial charge in [-0.25, -0.2) is 9.18 Å². The second-order valence-corrected chi connectivity index (χ2v) is 5.64. The Morgan fingerprint density at radius 2 is 2.25 bits per heavy atom. The zero-order chi connectivity index (χ0) is 14.2. The average Bonchev–Trinajstić information content (AvgIpc) is 2.40. The molecule has 1 atom stereocenters. The number of nitrogen functional groups attached to an aromatic ring is 1. The van der Waals surface area contributed by atoms with Crippen LogP contribution in [0.15, 0.2) is 18.2 Å². The molecule has 0 amide bonds. The van der Waals surface area contributed by atoms with Crippen LogP contribution in [0.4, 0.5) is 10.1 Å². The first kappa shape index (κ1) is 13.4. The van der Waals surface area contributed by atoms with Gasteiger partial charge in [0.05, 0.1) is 23.5 Å². The fourth-order valence-corrected chi connectivity index (χ4v) is 2.88. The zero-order valence-electron chi connectivity index (χ0n) is 11.2. The van der Waals surface area contributed by atoms with E-state index < -0.39 is 11.8 Å². The number of nitrogens with two attached hydrogens (primary N) is 1. The van der Waals surface area contributed by atoms with Crippen LogP contribution in [0.3, 0.4) is 0 Å². The van der Waals surface area contributed by atoms with E-state index >= 15 is 0 Å². The molecule has 3 rings (SSSR count). The minimum atomic E-state index is -0.595. The third-order valence-electron chi connectivity index (χ3n) is 4.22. The monoisotopic (exact) mass is 279 g/mol. The molecule has 108 valence electrons. The molecular weight excluding hydrogens is 261 g/mol. The van der Waals surface area contributed by atoms with Gasteiger partial charge in [-0.2, -0.15) is 0 Å². The van der Waals surface area contributed by atoms with Crippen molar-refractivity contribution in [1.29, 1.82) is 0 Å². The molecule has 1 spiro atoms. The van der Waals surface area contributed by atoms with Crippen molar-refractivity contribution in [3.8, 4) is 0 Å². The molecule has 2 aliphatic rings. The molecule has 1 aromatic rings. The number of halogens is 1. The van der Waals surface area contributed by atoms with Crippen molar-refractivity contribution in [3.63, 3.8) is 0 Å². The van der Waals surface area contributed by atoms with E-state index in [2.05, 4.69) is 0 Å². The lowest BCUT2D eigenvalue weighted by atomic mass is 9.74. The summed E-state index contributed by atoms with van der Waals surface area (Å²) in [6.07, 6.45) is 4.55. The molecule has 1 unspecified atom stereocenters. The summed E-state index contributed by atoms with van der Waals surface area (Å²) >= 11 is 0. The van der Waals surface area contributed by atoms with Gasteiger partial charge in [-0.15, -0.1) is 0 Å². The Hall–Kier alpha value is -1.62. The first-order valence-electron chi connectivity index (χ1n) is 6.98. The summed E-state index contributed by atoms with van der Waals surface area (Å²) in [7, 11) is 0. The number of hydrogen-bond donors (Lipinski definition) is 1. The highest BCUT2D eigenvalue weighted by molar-refractivity contribution is 5.90. The van der Waals surface area contributed by atoms with Crippen LogP contribution in [0, 0.1) is 5.82 Å². The molecule has 1 heterocycles. The number of benzene rings is 1. The molecule has 1 saturated heterocycles. The van der Waals surface area contributed by atoms with Gasteiger partial charge in [0.1, 0.15) is 11.9 Å². The Kier molecular flexibility index (Phi) is 3.38. The van der Waals surface area contributed by atoms with Crippen LogP contribution < -0.4 is 5.73 Å². The zero-order valence-corrected chi connectivity index (χ0v) is 11.2. The van der Waals surface area contributed by atoms with Crippen molar-refractivity contribution in [3.05, 3.63) is 29.6 Å². The van der Waals surface area contributed by atoms with E-state index in [0.717, 1.165) is 25.3 Å². The van der Waals surface area contributed by atoms with Gasteiger partial charge in [-0.3, -0.25) is 0 Å². The van der Waals surface area contributed by atoms with Crippen molar-refractivity contribution in [1.82, 2.24) is 0 Å². The van der Waals surface area contributed by atoms with Crippen LogP contribution in [0.2, 0.25) is 0 Å². The van der Waals surface area contributed by atoms with Gasteiger partial charge in [-0.05, 0) is 37.5 Å². The average molecular weight is 279 g/mol. The predicted molar refractivity (Wildman–Crippen MR) is 71.8 cm³/mol. The van der Waals surface area contributed by atoms with Crippen LogP contribution in [0.5, 0.6) is 0 Å². The van der Waals surface area contributed by atoms with Crippen LogP contribution >= 0.6 is 0 Å². The summed E-state index contributed by atoms with van der Waals surface area (Å²) in [5.74, 6) is -1.09. The fraction of sp³-hybridized carbons (Fsp3) is 0.533. The Labute approximate surface area is 117 Å². The van der Waals surface area contributed by atoms with E-state index in [9.17, 15) is 9.18 Å². The quantitative estimate of drug-likeness (QED) is 0.668. The van der Waals surface area contributed by atoms with Gasteiger partial charge in [-0.1, -0.05) is 0 Å². The highest BCUT2D eigenvalue weighted by Gasteiger charge is 2.43. The number of rotatable bonds is 2. The number of anilines is 1. The molecule has 2 fully saturated rings. The normalized spacial score (nSPS) is 24.1. The van der Waals surface area contributed by atoms with Gasteiger partial charge in [0.25, 0.3) is 0 Å². The minimum absolute atomic E-state index is 0.0287. The maximum atomic E-state index is 13.4. The molecule has 1 aliphatic heterocycles. The number of carbonyl (C=O) groups is 1. The molecule has 1 aliphatic carbocycles. The van der Waals surface area contributed by atoms with Crippen LogP contribution in [-0.4, -0.2) is 24.3 Å². The SMILES string of the molecule is Nc1ccc(C(=O)OC2CCOC3(CCC3)C2)cc1F. The van der Waals surface area contributed by atoms with E-state index in [0.29, 0.717) is 13.0 Å². The Balaban J connectivity index is 1.64. The first-order valence-corrected chi connectivity index (χ1v) is 6.98. The summed E-state index contributed by atoms with van der Waals surface area (Å²) in [5.41, 5.74) is 5.55. The first-order chi connectivity index (χ1) is 9.58. The minimum Gasteiger partial charge on any atom is -0.459 e. The van der Waals surface area contributed by atoms with Crippen molar-refractivity contribution in [2.75, 3.05) is 12.3 Å². The lowest BCUT2D eigenvalue weighted by Crippen LogP contribution is -2.48. The third kappa shape index (κ3) is 2.50. The number of esters is 1. The second-order valence-electron chi connectivity index (χ2n) is 5.64. The van der Waals surface area contributed by atoms with Crippen LogP contribution in [0.1, 0.15) is 42.5 Å². The maximum Gasteiger partial charge on any atom is 0.338 e. The molecule has 0 radical (unpaired) electrons. The molecule has 5 heteroatoms. The smallest absolute Gasteiger partial charge is 0.338 e. The molecule has 0 aromatic heterocycles. The lowest BCUT2D eigenvalue weighted by molar-refractivity contribution is -0.159. The summed E-state index contributed by atoms with van der Waals surface area (Å²) in [6, 6.07) is 3.98. The summed E-state index contributed by atoms with van der Waals surface area (Å²) in [4.78, 5) is 12.0. The largest absolute Gasteiger partial charge is 0.459 e. The van der Waals surface area contributed by atoms with Crippen LogP contribution in [-0.2, 0) is 9.47 Å². The van der Waals surface area contributed by atoms with Crippen molar-refractivity contribution in [2.24, 2.45) is 0 Å². The molecule has 4 nitrogen and oxygen atoms in total. The summed E-state index contributed by atoms with van der Waals surface area (Å²) in [6.45, 7) is 0.619. The van der Waals surface area contributed by atoms with Gasteiger partial charge < -0.3 is 15.2 Å². The maximum absolute atomic E-state index is 13.4. The Morgan fingerprint density at radius 1 is 1.45 bits per heavy atom. The molecular formula is C15H18FNO3. The lowest BCUT2D eigenvalue weighted by Gasteiger charge is -2.46. The van der Waals surface area contributed by atoms with E-state index in [1.807, 2.05) is 0 Å². The highest BCUT2D eigenvalue weighted by Crippen LogP contribution is 2.43. The van der Waals surface area contributed by atoms with Crippen molar-refractivity contribution >= 4 is 11.7 Å². The summed E-state index contributed by atoms with van der Waals surface area (Å²) < 4.78 is 24.6. The van der Waals surface area contributed by atoms with Gasteiger partial charge >= 0.3 is 5.97 Å². The van der Waals surface area contributed by atoms with Crippen LogP contribution in [0.25, 0.3) is 0 Å². The number of ether oxygens (including phenoxy) is 2. The standard InChI is InChI=1S/C15H18FNO3/c16-12-8-10(2-3-13(12)17)14(18)20-11-4-7-19-15(9-11)5-1-6-15/h2-3,8,11H,1,4-7,9,17H2. The number of hydrogen-bond acceptors (Lipinski definition) is 4. The fourth-order valence-electron chi connectivity index (χ4n) is 2.88. The second kappa shape index (κ2) is 5.05. The Morgan fingerprint density at radius 3 is 2.90 bits per heavy atom. The molecule has 2 N–H and O–H groups in total. The molecule has 1 aromatic carbocycles. The highest BCUT2D eigenvalue weighted by atomic mass is 19.1. The topological polar surface area (TPSA) is 61.6 Å². The van der Waals surface area contributed by atoms with Gasteiger partial charge in [0.2, 0.25) is 0 Å². The molecule has 20 heavy (non-hydrogen) atoms. The third-order valence-corrected chi connectivity index (χ3v) is 4.22. The van der Waals surface area contributed by atoms with E-state index in [1.54, 1.807) is 0 Å². The van der Waals surface area contributed by atoms with Gasteiger partial charge in [0, 0.05) is 12.8 Å². The predicted octanol–water partition coefficient (Wildman–Crippen LogP) is 2.67. The summed E-state index contributed by atoms with van der Waals surface area (Å²) in [5, 5.41) is 0. The van der Waals surface area contributed by atoms with Gasteiger partial charge in [0.15, 0.2) is 0 Å². The molecule has 0 bridgehead atoms. The Bertz CT molecular complexity index is 528. The van der Waals surface area contributed by atoms with E-state index in [1.165, 1.54) is 18.6 Å². The number of carbonyl (C=O) groups excluding carboxylic acids is 1.